The third kappa shape index (κ3) is 3.92. The van der Waals surface area contributed by atoms with Crippen LogP contribution >= 0.6 is 0 Å². The highest BCUT2D eigenvalue weighted by molar-refractivity contribution is 5.68. The van der Waals surface area contributed by atoms with Crippen LogP contribution in [0.15, 0.2) is 18.5 Å². The third-order valence-electron chi connectivity index (χ3n) is 2.78. The summed E-state index contributed by atoms with van der Waals surface area (Å²) in [6.07, 6.45) is 3.20. The summed E-state index contributed by atoms with van der Waals surface area (Å²) in [5, 5.41) is 0. The van der Waals surface area contributed by atoms with Crippen LogP contribution in [0.5, 0.6) is 0 Å². The van der Waals surface area contributed by atoms with Crippen LogP contribution in [0.25, 0.3) is 0 Å². The van der Waals surface area contributed by atoms with Crippen LogP contribution < -0.4 is 0 Å². The lowest BCUT2D eigenvalue weighted by atomic mass is 10.1. The van der Waals surface area contributed by atoms with Gasteiger partial charge in [-0.2, -0.15) is 0 Å². The molecule has 0 spiro atoms. The van der Waals surface area contributed by atoms with E-state index >= 15 is 0 Å². The van der Waals surface area contributed by atoms with Gasteiger partial charge in [-0.15, -0.1) is 0 Å². The first-order valence-electron chi connectivity index (χ1n) is 6.43. The average molecular weight is 264 g/mol. The van der Waals surface area contributed by atoms with Crippen molar-refractivity contribution in [3.05, 3.63) is 29.6 Å². The van der Waals surface area contributed by atoms with E-state index in [0.29, 0.717) is 26.3 Å². The van der Waals surface area contributed by atoms with Gasteiger partial charge in [-0.1, -0.05) is 0 Å². The molecule has 0 aliphatic carbocycles. The predicted octanol–water partition coefficient (Wildman–Crippen LogP) is 2.35. The molecule has 0 atom stereocenters. The number of amides is 1. The molecule has 1 amide bonds. The Kier molecular flexibility index (Phi) is 4.04. The number of rotatable bonds is 0. The van der Waals surface area contributed by atoms with Crippen molar-refractivity contribution in [2.24, 2.45) is 0 Å². The van der Waals surface area contributed by atoms with Gasteiger partial charge in [-0.3, -0.25) is 4.98 Å². The monoisotopic (exact) mass is 264 g/mol. The lowest BCUT2D eigenvalue weighted by molar-refractivity contribution is 0.0118. The summed E-state index contributed by atoms with van der Waals surface area (Å²) in [6.45, 7) is 7.72. The Labute approximate surface area is 113 Å². The SMILES string of the molecule is CC(C)(C)OC(=O)N1CCOCc2ccncc2C1. The molecule has 0 N–H and O–H groups in total. The fraction of sp³-hybridized carbons (Fsp3) is 0.571. The van der Waals surface area contributed by atoms with Crippen molar-refractivity contribution in [3.8, 4) is 0 Å². The second-order valence-electron chi connectivity index (χ2n) is 5.60. The first-order valence-corrected chi connectivity index (χ1v) is 6.43. The van der Waals surface area contributed by atoms with Gasteiger partial charge in [0.1, 0.15) is 5.60 Å². The second-order valence-corrected chi connectivity index (χ2v) is 5.60. The quantitative estimate of drug-likeness (QED) is 0.721. The van der Waals surface area contributed by atoms with Crippen LogP contribution in [0.3, 0.4) is 0 Å². The Morgan fingerprint density at radius 2 is 2.21 bits per heavy atom. The number of hydrogen-bond donors (Lipinski definition) is 0. The minimum absolute atomic E-state index is 0.312. The molecule has 5 nitrogen and oxygen atoms in total. The van der Waals surface area contributed by atoms with Gasteiger partial charge in [0.15, 0.2) is 0 Å². The summed E-state index contributed by atoms with van der Waals surface area (Å²) >= 11 is 0. The van der Waals surface area contributed by atoms with Gasteiger partial charge < -0.3 is 14.4 Å². The number of aromatic nitrogens is 1. The van der Waals surface area contributed by atoms with E-state index < -0.39 is 5.60 Å². The molecule has 1 aliphatic rings. The first-order chi connectivity index (χ1) is 8.96. The van der Waals surface area contributed by atoms with Crippen molar-refractivity contribution in [1.82, 2.24) is 9.88 Å². The largest absolute Gasteiger partial charge is 0.444 e. The van der Waals surface area contributed by atoms with Gasteiger partial charge >= 0.3 is 6.09 Å². The Bertz CT molecular complexity index is 454. The molecule has 1 aliphatic heterocycles. The third-order valence-corrected chi connectivity index (χ3v) is 2.78. The molecule has 0 aromatic carbocycles. The van der Waals surface area contributed by atoms with Crippen molar-refractivity contribution in [2.75, 3.05) is 13.2 Å². The maximum Gasteiger partial charge on any atom is 0.410 e. The van der Waals surface area contributed by atoms with E-state index in [2.05, 4.69) is 4.98 Å². The zero-order valence-electron chi connectivity index (χ0n) is 11.7. The van der Waals surface area contributed by atoms with Crippen molar-refractivity contribution >= 4 is 6.09 Å². The zero-order valence-corrected chi connectivity index (χ0v) is 11.7. The average Bonchev–Trinajstić information content (AvgIpc) is 2.27. The fourth-order valence-corrected chi connectivity index (χ4v) is 1.86. The Hall–Kier alpha value is -1.62. The molecule has 0 radical (unpaired) electrons. The van der Waals surface area contributed by atoms with Gasteiger partial charge in [0, 0.05) is 18.9 Å². The summed E-state index contributed by atoms with van der Waals surface area (Å²) in [6, 6.07) is 1.92. The second kappa shape index (κ2) is 5.57. The van der Waals surface area contributed by atoms with Gasteiger partial charge in [-0.25, -0.2) is 4.79 Å². The van der Waals surface area contributed by atoms with Gasteiger partial charge in [0.2, 0.25) is 0 Å². The summed E-state index contributed by atoms with van der Waals surface area (Å²) in [7, 11) is 0. The molecule has 0 saturated carbocycles. The normalized spacial score (nSPS) is 16.3. The van der Waals surface area contributed by atoms with Crippen LogP contribution in [0.1, 0.15) is 31.9 Å². The molecular weight excluding hydrogens is 244 g/mol. The molecule has 1 aromatic heterocycles. The Morgan fingerprint density at radius 1 is 1.42 bits per heavy atom. The van der Waals surface area contributed by atoms with E-state index in [4.69, 9.17) is 9.47 Å². The molecule has 104 valence electrons. The number of hydrogen-bond acceptors (Lipinski definition) is 4. The summed E-state index contributed by atoms with van der Waals surface area (Å²) < 4.78 is 10.9. The fourth-order valence-electron chi connectivity index (χ4n) is 1.86. The molecule has 2 heterocycles. The van der Waals surface area contributed by atoms with E-state index in [1.165, 1.54) is 0 Å². The molecule has 0 bridgehead atoms. The van der Waals surface area contributed by atoms with Gasteiger partial charge in [0.25, 0.3) is 0 Å². The molecular formula is C14H20N2O3. The van der Waals surface area contributed by atoms with E-state index in [9.17, 15) is 4.79 Å². The molecule has 0 fully saturated rings. The maximum absolute atomic E-state index is 12.1. The van der Waals surface area contributed by atoms with E-state index in [1.54, 1.807) is 17.3 Å². The van der Waals surface area contributed by atoms with Crippen LogP contribution in [-0.2, 0) is 22.6 Å². The van der Waals surface area contributed by atoms with Crippen molar-refractivity contribution < 1.29 is 14.3 Å². The molecule has 5 heteroatoms. The van der Waals surface area contributed by atoms with E-state index in [0.717, 1.165) is 11.1 Å². The summed E-state index contributed by atoms with van der Waals surface area (Å²) in [5.74, 6) is 0. The minimum atomic E-state index is -0.488. The lowest BCUT2D eigenvalue weighted by Crippen LogP contribution is -2.39. The number of fused-ring (bicyclic) bond motifs is 1. The van der Waals surface area contributed by atoms with Crippen LogP contribution in [0, 0.1) is 0 Å². The number of carbonyl (C=O) groups excluding carboxylic acids is 1. The highest BCUT2D eigenvalue weighted by Gasteiger charge is 2.23. The van der Waals surface area contributed by atoms with Crippen LogP contribution in [-0.4, -0.2) is 34.7 Å². The smallest absolute Gasteiger partial charge is 0.410 e. The van der Waals surface area contributed by atoms with E-state index in [-0.39, 0.29) is 6.09 Å². The minimum Gasteiger partial charge on any atom is -0.444 e. The van der Waals surface area contributed by atoms with Crippen molar-refractivity contribution in [3.63, 3.8) is 0 Å². The standard InChI is InChI=1S/C14H20N2O3/c1-14(2,3)19-13(17)16-6-7-18-10-11-4-5-15-8-12(11)9-16/h4-5,8H,6-7,9-10H2,1-3H3. The highest BCUT2D eigenvalue weighted by Crippen LogP contribution is 2.17. The highest BCUT2D eigenvalue weighted by atomic mass is 16.6. The van der Waals surface area contributed by atoms with E-state index in [1.807, 2.05) is 26.8 Å². The zero-order chi connectivity index (χ0) is 13.9. The number of ether oxygens (including phenoxy) is 2. The Balaban J connectivity index is 2.13. The number of nitrogens with zero attached hydrogens (tertiary/aromatic N) is 2. The molecule has 0 unspecified atom stereocenters. The lowest BCUT2D eigenvalue weighted by Gasteiger charge is -2.29. The maximum atomic E-state index is 12.1. The molecule has 1 aromatic rings. The van der Waals surface area contributed by atoms with Crippen molar-refractivity contribution in [2.45, 2.75) is 39.5 Å². The topological polar surface area (TPSA) is 51.7 Å². The van der Waals surface area contributed by atoms with Gasteiger partial charge in [0.05, 0.1) is 19.8 Å². The van der Waals surface area contributed by atoms with Gasteiger partial charge in [-0.05, 0) is 38.0 Å². The predicted molar refractivity (Wildman–Crippen MR) is 70.5 cm³/mol. The molecule has 2 rings (SSSR count). The molecule has 0 saturated heterocycles. The van der Waals surface area contributed by atoms with Crippen LogP contribution in [0.2, 0.25) is 0 Å². The summed E-state index contributed by atoms with van der Waals surface area (Å²) in [5.41, 5.74) is 1.59. The number of pyridine rings is 1. The Morgan fingerprint density at radius 3 is 2.95 bits per heavy atom. The molecule has 19 heavy (non-hydrogen) atoms. The first kappa shape index (κ1) is 13.8. The summed E-state index contributed by atoms with van der Waals surface area (Å²) in [4.78, 5) is 17.9. The van der Waals surface area contributed by atoms with Crippen molar-refractivity contribution in [1.29, 1.82) is 0 Å². The van der Waals surface area contributed by atoms with Crippen LogP contribution in [0.4, 0.5) is 4.79 Å². The number of carbonyl (C=O) groups is 1.